The summed E-state index contributed by atoms with van der Waals surface area (Å²) in [5.41, 5.74) is 2.97. The second-order valence-electron chi connectivity index (χ2n) is 4.77. The van der Waals surface area contributed by atoms with Crippen LogP contribution in [-0.4, -0.2) is 26.1 Å². The predicted octanol–water partition coefficient (Wildman–Crippen LogP) is 2.14. The molecular formula is C15H20N2O4. The van der Waals surface area contributed by atoms with E-state index in [4.69, 9.17) is 9.57 Å². The molecule has 2 rings (SSSR count). The lowest BCUT2D eigenvalue weighted by atomic mass is 9.95. The average Bonchev–Trinajstić information content (AvgIpc) is 3.01. The molecular weight excluding hydrogens is 272 g/mol. The topological polar surface area (TPSA) is 69.2 Å². The van der Waals surface area contributed by atoms with E-state index in [-0.39, 0.29) is 12.4 Å². The van der Waals surface area contributed by atoms with Gasteiger partial charge in [0.05, 0.1) is 13.7 Å². The van der Waals surface area contributed by atoms with Crippen LogP contribution in [0.25, 0.3) is 0 Å². The van der Waals surface area contributed by atoms with Crippen LogP contribution in [0.4, 0.5) is 0 Å². The summed E-state index contributed by atoms with van der Waals surface area (Å²) in [7, 11) is 1.37. The summed E-state index contributed by atoms with van der Waals surface area (Å²) in [6.45, 7) is 2.71. The quantitative estimate of drug-likeness (QED) is 0.780. The Balaban J connectivity index is 2.17. The fourth-order valence-electron chi connectivity index (χ4n) is 2.11. The fourth-order valence-corrected chi connectivity index (χ4v) is 2.11. The lowest BCUT2D eigenvalue weighted by Gasteiger charge is -2.25. The van der Waals surface area contributed by atoms with Crippen LogP contribution in [0.5, 0.6) is 5.75 Å². The van der Waals surface area contributed by atoms with Gasteiger partial charge in [-0.25, -0.2) is 4.99 Å². The highest BCUT2D eigenvalue weighted by Crippen LogP contribution is 2.32. The van der Waals surface area contributed by atoms with Crippen molar-refractivity contribution in [2.45, 2.75) is 31.8 Å². The van der Waals surface area contributed by atoms with Gasteiger partial charge in [0.15, 0.2) is 12.1 Å². The number of benzene rings is 1. The molecule has 1 unspecified atom stereocenters. The van der Waals surface area contributed by atoms with Crippen molar-refractivity contribution in [3.05, 3.63) is 29.8 Å². The molecule has 1 aromatic rings. The minimum atomic E-state index is -0.778. The number of carbonyl (C=O) groups excluding carboxylic acids is 1. The van der Waals surface area contributed by atoms with Crippen molar-refractivity contribution in [2.24, 2.45) is 4.99 Å². The smallest absolute Gasteiger partial charge is 0.305 e. The first-order chi connectivity index (χ1) is 10.2. The molecule has 1 heterocycles. The van der Waals surface area contributed by atoms with Gasteiger partial charge in [0.1, 0.15) is 5.75 Å². The van der Waals surface area contributed by atoms with Gasteiger partial charge < -0.3 is 14.3 Å². The number of methoxy groups -OCH3 is 1. The number of nitrogens with one attached hydrogen (secondary N) is 1. The zero-order valence-corrected chi connectivity index (χ0v) is 12.3. The molecule has 1 aliphatic heterocycles. The van der Waals surface area contributed by atoms with Gasteiger partial charge in [-0.15, -0.1) is 5.48 Å². The Morgan fingerprint density at radius 2 is 2.33 bits per heavy atom. The van der Waals surface area contributed by atoms with Crippen LogP contribution >= 0.6 is 0 Å². The Hall–Kier alpha value is -2.08. The molecule has 0 amide bonds. The van der Waals surface area contributed by atoms with Crippen LogP contribution in [0.3, 0.4) is 0 Å². The third-order valence-electron chi connectivity index (χ3n) is 3.26. The number of aliphatic imine (C=N–C) groups is 1. The van der Waals surface area contributed by atoms with Gasteiger partial charge in [-0.3, -0.25) is 4.79 Å². The molecule has 0 radical (unpaired) electrons. The van der Waals surface area contributed by atoms with E-state index in [9.17, 15) is 4.79 Å². The number of ether oxygens (including phenoxy) is 2. The van der Waals surface area contributed by atoms with E-state index in [0.717, 1.165) is 17.7 Å². The highest BCUT2D eigenvalue weighted by molar-refractivity contribution is 5.69. The van der Waals surface area contributed by atoms with Gasteiger partial charge in [0.2, 0.25) is 0 Å². The second kappa shape index (κ2) is 7.08. The summed E-state index contributed by atoms with van der Waals surface area (Å²) in [5, 5.41) is 0. The fraction of sp³-hybridized carbons (Fsp3) is 0.467. The van der Waals surface area contributed by atoms with Crippen molar-refractivity contribution < 1.29 is 19.1 Å². The molecule has 0 spiro atoms. The first-order valence-corrected chi connectivity index (χ1v) is 6.97. The molecule has 1 N–H and O–H groups in total. The maximum absolute atomic E-state index is 11.4. The normalized spacial score (nSPS) is 20.1. The van der Waals surface area contributed by atoms with Crippen LogP contribution in [0.15, 0.2) is 29.3 Å². The van der Waals surface area contributed by atoms with Crippen LogP contribution in [0.2, 0.25) is 0 Å². The Morgan fingerprint density at radius 1 is 1.48 bits per heavy atom. The number of esters is 1. The molecule has 6 nitrogen and oxygen atoms in total. The summed E-state index contributed by atoms with van der Waals surface area (Å²) in [5.74, 6) is 0.493. The average molecular weight is 292 g/mol. The van der Waals surface area contributed by atoms with Gasteiger partial charge >= 0.3 is 5.97 Å². The lowest BCUT2D eigenvalue weighted by molar-refractivity contribution is -0.141. The zero-order valence-electron chi connectivity index (χ0n) is 12.3. The van der Waals surface area contributed by atoms with E-state index in [1.54, 1.807) is 0 Å². The first-order valence-electron chi connectivity index (χ1n) is 6.97. The molecule has 0 bridgehead atoms. The molecule has 0 fully saturated rings. The summed E-state index contributed by atoms with van der Waals surface area (Å²) < 4.78 is 10.3. The van der Waals surface area contributed by atoms with E-state index in [1.165, 1.54) is 13.5 Å². The monoisotopic (exact) mass is 292 g/mol. The van der Waals surface area contributed by atoms with Crippen LogP contribution in [0.1, 0.15) is 31.7 Å². The van der Waals surface area contributed by atoms with Crippen molar-refractivity contribution in [3.63, 3.8) is 0 Å². The highest BCUT2D eigenvalue weighted by Gasteiger charge is 2.36. The summed E-state index contributed by atoms with van der Waals surface area (Å²) in [4.78, 5) is 20.8. The summed E-state index contributed by atoms with van der Waals surface area (Å²) >= 11 is 0. The SMILES string of the molecule is CCCOc1cccc(C2(CCC(=O)OC)N=CON2)c1. The number of rotatable bonds is 7. The Kier molecular flexibility index (Phi) is 5.16. The zero-order chi connectivity index (χ0) is 15.1. The van der Waals surface area contributed by atoms with E-state index in [0.29, 0.717) is 13.0 Å². The molecule has 1 aromatic carbocycles. The van der Waals surface area contributed by atoms with Crippen molar-refractivity contribution in [3.8, 4) is 5.75 Å². The molecule has 0 saturated carbocycles. The summed E-state index contributed by atoms with van der Waals surface area (Å²) in [6.07, 6.45) is 2.96. The number of hydrogen-bond donors (Lipinski definition) is 1. The Morgan fingerprint density at radius 3 is 3.00 bits per heavy atom. The van der Waals surface area contributed by atoms with Crippen LogP contribution in [0, 0.1) is 0 Å². The molecule has 21 heavy (non-hydrogen) atoms. The van der Waals surface area contributed by atoms with Crippen molar-refractivity contribution in [1.29, 1.82) is 0 Å². The third kappa shape index (κ3) is 3.72. The third-order valence-corrected chi connectivity index (χ3v) is 3.26. The minimum Gasteiger partial charge on any atom is -0.494 e. The molecule has 0 aromatic heterocycles. The van der Waals surface area contributed by atoms with Gasteiger partial charge in [0.25, 0.3) is 0 Å². The molecule has 0 saturated heterocycles. The van der Waals surface area contributed by atoms with Crippen molar-refractivity contribution in [1.82, 2.24) is 5.48 Å². The molecule has 1 atom stereocenters. The molecule has 6 heteroatoms. The number of hydrogen-bond acceptors (Lipinski definition) is 6. The summed E-state index contributed by atoms with van der Waals surface area (Å²) in [6, 6.07) is 7.63. The van der Waals surface area contributed by atoms with Crippen LogP contribution < -0.4 is 10.2 Å². The van der Waals surface area contributed by atoms with Crippen molar-refractivity contribution >= 4 is 12.4 Å². The lowest BCUT2D eigenvalue weighted by Crippen LogP contribution is -2.36. The first kappa shape index (κ1) is 15.3. The van der Waals surface area contributed by atoms with E-state index >= 15 is 0 Å². The van der Waals surface area contributed by atoms with Gasteiger partial charge in [-0.1, -0.05) is 19.1 Å². The van der Waals surface area contributed by atoms with Gasteiger partial charge in [-0.2, -0.15) is 0 Å². The second-order valence-corrected chi connectivity index (χ2v) is 4.77. The highest BCUT2D eigenvalue weighted by atomic mass is 16.7. The van der Waals surface area contributed by atoms with E-state index in [2.05, 4.69) is 22.1 Å². The van der Waals surface area contributed by atoms with E-state index in [1.807, 2.05) is 24.3 Å². The molecule has 0 aliphatic carbocycles. The van der Waals surface area contributed by atoms with Gasteiger partial charge in [0, 0.05) is 18.4 Å². The Bertz CT molecular complexity index is 518. The maximum atomic E-state index is 11.4. The van der Waals surface area contributed by atoms with E-state index < -0.39 is 5.66 Å². The predicted molar refractivity (Wildman–Crippen MR) is 77.9 cm³/mol. The minimum absolute atomic E-state index is 0.240. The number of hydroxylamine groups is 1. The number of nitrogens with zero attached hydrogens (tertiary/aromatic N) is 1. The number of carbonyl (C=O) groups is 1. The maximum Gasteiger partial charge on any atom is 0.305 e. The largest absolute Gasteiger partial charge is 0.494 e. The van der Waals surface area contributed by atoms with Crippen molar-refractivity contribution in [2.75, 3.05) is 13.7 Å². The Labute approximate surface area is 124 Å². The van der Waals surface area contributed by atoms with Crippen LogP contribution in [-0.2, 0) is 20.0 Å². The standard InChI is InChI=1S/C15H20N2O4/c1-3-9-20-13-6-4-5-12(10-13)15(16-11-21-17-15)8-7-14(18)19-2/h4-6,10-11,17H,3,7-9H2,1-2H3. The molecule has 114 valence electrons. The molecule has 1 aliphatic rings. The van der Waals surface area contributed by atoms with Gasteiger partial charge in [-0.05, 0) is 18.6 Å².